The summed E-state index contributed by atoms with van der Waals surface area (Å²) in [6, 6.07) is 9.81. The van der Waals surface area contributed by atoms with E-state index in [1.807, 2.05) is 31.2 Å². The molecule has 3 rings (SSSR count). The first-order chi connectivity index (χ1) is 12.2. The zero-order chi connectivity index (χ0) is 17.5. The highest BCUT2D eigenvalue weighted by atomic mass is 16.5. The lowest BCUT2D eigenvalue weighted by atomic mass is 10.2. The third-order valence-electron chi connectivity index (χ3n) is 4.12. The van der Waals surface area contributed by atoms with E-state index in [1.54, 1.807) is 0 Å². The number of hydrogen-bond acceptors (Lipinski definition) is 6. The lowest BCUT2D eigenvalue weighted by Crippen LogP contribution is -3.14. The van der Waals surface area contributed by atoms with Crippen molar-refractivity contribution < 1.29 is 18.8 Å². The van der Waals surface area contributed by atoms with E-state index in [4.69, 9.17) is 13.9 Å². The predicted molar refractivity (Wildman–Crippen MR) is 91.6 cm³/mol. The van der Waals surface area contributed by atoms with Crippen molar-refractivity contribution in [2.24, 2.45) is 0 Å². The smallest absolute Gasteiger partial charge is 0.236 e. The Morgan fingerprint density at radius 1 is 1.28 bits per heavy atom. The molecule has 1 aromatic heterocycles. The molecule has 0 spiro atoms. The number of rotatable bonds is 7. The minimum Gasteiger partial charge on any atom is -0.484 e. The largest absolute Gasteiger partial charge is 0.484 e. The Kier molecular flexibility index (Phi) is 5.88. The van der Waals surface area contributed by atoms with Crippen molar-refractivity contribution in [2.75, 3.05) is 44.7 Å². The highest BCUT2D eigenvalue weighted by Crippen LogP contribution is 2.18. The van der Waals surface area contributed by atoms with E-state index in [-0.39, 0.29) is 12.3 Å². The molecule has 1 aliphatic rings. The van der Waals surface area contributed by atoms with Gasteiger partial charge in [-0.3, -0.25) is 0 Å². The normalized spacial score (nSPS) is 14.9. The molecule has 0 bridgehead atoms. The van der Waals surface area contributed by atoms with Crippen molar-refractivity contribution in [1.82, 2.24) is 4.98 Å². The molecule has 1 saturated heterocycles. The molecule has 2 N–H and O–H groups in total. The summed E-state index contributed by atoms with van der Waals surface area (Å²) >= 11 is 0. The van der Waals surface area contributed by atoms with Gasteiger partial charge >= 0.3 is 0 Å². The summed E-state index contributed by atoms with van der Waals surface area (Å²) in [6.45, 7) is 7.52. The van der Waals surface area contributed by atoms with Crippen LogP contribution in [-0.2, 0) is 11.3 Å². The fourth-order valence-corrected chi connectivity index (χ4v) is 2.66. The topological polar surface area (TPSA) is 84.8 Å². The first-order valence-corrected chi connectivity index (χ1v) is 8.49. The third kappa shape index (κ3) is 4.95. The summed E-state index contributed by atoms with van der Waals surface area (Å²) in [4.78, 5) is 5.67. The zero-order valence-corrected chi connectivity index (χ0v) is 14.4. The Bertz CT molecular complexity index is 715. The minimum atomic E-state index is 0.189. The number of aryl methyl sites for hydroxylation is 1. The van der Waals surface area contributed by atoms with Crippen LogP contribution in [0, 0.1) is 18.3 Å². The average molecular weight is 343 g/mol. The summed E-state index contributed by atoms with van der Waals surface area (Å²) in [5, 5.41) is 12.4. The van der Waals surface area contributed by atoms with Crippen molar-refractivity contribution in [3.63, 3.8) is 0 Å². The SMILES string of the molecule is Cc1ccc(OCc2nc(C#N)c(NCC[NH+]3CCOCC3)o2)cc1. The van der Waals surface area contributed by atoms with E-state index in [9.17, 15) is 5.26 Å². The van der Waals surface area contributed by atoms with Crippen LogP contribution in [0.3, 0.4) is 0 Å². The number of nitrogens with one attached hydrogen (secondary N) is 2. The monoisotopic (exact) mass is 343 g/mol. The molecule has 0 aliphatic carbocycles. The van der Waals surface area contributed by atoms with Gasteiger partial charge in [0.15, 0.2) is 6.61 Å². The molecule has 0 amide bonds. The molecule has 132 valence electrons. The van der Waals surface area contributed by atoms with Crippen LogP contribution in [0.15, 0.2) is 28.7 Å². The average Bonchev–Trinajstić information content (AvgIpc) is 3.04. The van der Waals surface area contributed by atoms with Crippen molar-refractivity contribution >= 4 is 5.88 Å². The van der Waals surface area contributed by atoms with Gasteiger partial charge in [0.05, 0.1) is 26.3 Å². The Labute approximate surface area is 147 Å². The number of ether oxygens (including phenoxy) is 2. The fraction of sp³-hybridized carbons (Fsp3) is 0.444. The van der Waals surface area contributed by atoms with Crippen LogP contribution in [0.2, 0.25) is 0 Å². The Morgan fingerprint density at radius 2 is 2.04 bits per heavy atom. The Morgan fingerprint density at radius 3 is 2.76 bits per heavy atom. The second-order valence-corrected chi connectivity index (χ2v) is 6.04. The maximum absolute atomic E-state index is 9.22. The van der Waals surface area contributed by atoms with Crippen molar-refractivity contribution in [1.29, 1.82) is 5.26 Å². The predicted octanol–water partition coefficient (Wildman–Crippen LogP) is 0.761. The van der Waals surface area contributed by atoms with Gasteiger partial charge in [-0.05, 0) is 19.1 Å². The van der Waals surface area contributed by atoms with Crippen molar-refractivity contribution in [3.05, 3.63) is 41.4 Å². The molecule has 1 aliphatic heterocycles. The number of benzene rings is 1. The highest BCUT2D eigenvalue weighted by molar-refractivity contribution is 5.45. The summed E-state index contributed by atoms with van der Waals surface area (Å²) in [5.41, 5.74) is 1.43. The van der Waals surface area contributed by atoms with E-state index in [0.717, 1.165) is 45.1 Å². The summed E-state index contributed by atoms with van der Waals surface area (Å²) in [6.07, 6.45) is 0. The highest BCUT2D eigenvalue weighted by Gasteiger charge is 2.16. The number of quaternary nitrogens is 1. The van der Waals surface area contributed by atoms with E-state index < -0.39 is 0 Å². The van der Waals surface area contributed by atoms with Gasteiger partial charge < -0.3 is 24.1 Å². The molecule has 2 heterocycles. The minimum absolute atomic E-state index is 0.189. The molecule has 7 heteroatoms. The molecule has 0 radical (unpaired) electrons. The van der Waals surface area contributed by atoms with Crippen molar-refractivity contribution in [3.8, 4) is 11.8 Å². The standard InChI is InChI=1S/C18H22N4O3/c1-14-2-4-15(5-3-14)24-13-17-21-16(12-19)18(25-17)20-6-7-22-8-10-23-11-9-22/h2-5,20H,6-11,13H2,1H3/p+1. The molecule has 1 fully saturated rings. The first kappa shape index (κ1) is 17.3. The molecular weight excluding hydrogens is 320 g/mol. The Hall–Kier alpha value is -2.56. The number of nitrogens with zero attached hydrogens (tertiary/aromatic N) is 2. The molecule has 2 aromatic rings. The molecule has 0 atom stereocenters. The zero-order valence-electron chi connectivity index (χ0n) is 14.4. The van der Waals surface area contributed by atoms with Gasteiger partial charge in [-0.2, -0.15) is 10.2 Å². The molecular formula is C18H23N4O3+. The maximum atomic E-state index is 9.22. The molecule has 7 nitrogen and oxygen atoms in total. The summed E-state index contributed by atoms with van der Waals surface area (Å²) < 4.78 is 16.6. The van der Waals surface area contributed by atoms with Crippen LogP contribution >= 0.6 is 0 Å². The van der Waals surface area contributed by atoms with Crippen LogP contribution in [-0.4, -0.2) is 44.4 Å². The number of morpholine rings is 1. The van der Waals surface area contributed by atoms with Crippen LogP contribution < -0.4 is 15.0 Å². The van der Waals surface area contributed by atoms with Gasteiger partial charge in [0, 0.05) is 0 Å². The van der Waals surface area contributed by atoms with Crippen molar-refractivity contribution in [2.45, 2.75) is 13.5 Å². The number of nitriles is 1. The maximum Gasteiger partial charge on any atom is 0.236 e. The molecule has 0 saturated carbocycles. The van der Waals surface area contributed by atoms with Crippen LogP contribution in [0.1, 0.15) is 17.1 Å². The number of oxazole rings is 1. The summed E-state index contributed by atoms with van der Waals surface area (Å²) in [7, 11) is 0. The second kappa shape index (κ2) is 8.51. The number of hydrogen-bond donors (Lipinski definition) is 2. The van der Waals surface area contributed by atoms with Gasteiger partial charge in [0.1, 0.15) is 24.9 Å². The van der Waals surface area contributed by atoms with E-state index in [2.05, 4.69) is 16.4 Å². The van der Waals surface area contributed by atoms with Gasteiger partial charge in [-0.25, -0.2) is 0 Å². The van der Waals surface area contributed by atoms with E-state index >= 15 is 0 Å². The van der Waals surface area contributed by atoms with Gasteiger partial charge in [0.2, 0.25) is 17.5 Å². The molecule has 25 heavy (non-hydrogen) atoms. The van der Waals surface area contributed by atoms with E-state index in [1.165, 1.54) is 10.5 Å². The molecule has 0 unspecified atom stereocenters. The summed E-state index contributed by atoms with van der Waals surface area (Å²) in [5.74, 6) is 1.55. The van der Waals surface area contributed by atoms with Crippen LogP contribution in [0.5, 0.6) is 5.75 Å². The van der Waals surface area contributed by atoms with Gasteiger partial charge in [-0.1, -0.05) is 17.7 Å². The molecule has 1 aromatic carbocycles. The van der Waals surface area contributed by atoms with Gasteiger partial charge in [-0.15, -0.1) is 0 Å². The van der Waals surface area contributed by atoms with Gasteiger partial charge in [0.25, 0.3) is 0 Å². The van der Waals surface area contributed by atoms with E-state index in [0.29, 0.717) is 11.8 Å². The second-order valence-electron chi connectivity index (χ2n) is 6.04. The first-order valence-electron chi connectivity index (χ1n) is 8.49. The third-order valence-corrected chi connectivity index (χ3v) is 4.12. The lowest BCUT2D eigenvalue weighted by Gasteiger charge is -2.23. The quantitative estimate of drug-likeness (QED) is 0.772. The number of aromatic nitrogens is 1. The lowest BCUT2D eigenvalue weighted by molar-refractivity contribution is -0.906. The van der Waals surface area contributed by atoms with Crippen LogP contribution in [0.4, 0.5) is 5.88 Å². The number of anilines is 1. The van der Waals surface area contributed by atoms with Crippen LogP contribution in [0.25, 0.3) is 0 Å². The Balaban J connectivity index is 1.51. The fourth-order valence-electron chi connectivity index (χ4n) is 2.66.